The highest BCUT2D eigenvalue weighted by Gasteiger charge is 2.16. The maximum Gasteiger partial charge on any atom is 0.305 e. The second kappa shape index (κ2) is 6.49. The number of rotatable bonds is 5. The van der Waals surface area contributed by atoms with E-state index in [0.717, 1.165) is 6.07 Å². The van der Waals surface area contributed by atoms with Gasteiger partial charge in [-0.2, -0.15) is 0 Å². The van der Waals surface area contributed by atoms with E-state index >= 15 is 0 Å². The lowest BCUT2D eigenvalue weighted by molar-refractivity contribution is -0.137. The minimum Gasteiger partial charge on any atom is -0.481 e. The minimum atomic E-state index is -0.971. The van der Waals surface area contributed by atoms with Gasteiger partial charge in [0.25, 0.3) is 5.91 Å². The second-order valence-electron chi connectivity index (χ2n) is 3.69. The Kier molecular flexibility index (Phi) is 5.27. The molecule has 0 radical (unpaired) electrons. The average molecular weight is 318 g/mol. The summed E-state index contributed by atoms with van der Waals surface area (Å²) in [5, 5.41) is 8.59. The number of nitrogens with zero attached hydrogens (tertiary/aromatic N) is 1. The van der Waals surface area contributed by atoms with E-state index in [1.165, 1.54) is 17.0 Å². The van der Waals surface area contributed by atoms with Crippen molar-refractivity contribution in [3.05, 3.63) is 34.1 Å². The van der Waals surface area contributed by atoms with Crippen molar-refractivity contribution in [2.75, 3.05) is 13.1 Å². The topological polar surface area (TPSA) is 57.6 Å². The summed E-state index contributed by atoms with van der Waals surface area (Å²) in [5.74, 6) is -1.86. The van der Waals surface area contributed by atoms with Crippen LogP contribution in [-0.4, -0.2) is 35.0 Å². The first-order valence-electron chi connectivity index (χ1n) is 5.41. The van der Waals surface area contributed by atoms with Gasteiger partial charge >= 0.3 is 5.97 Å². The van der Waals surface area contributed by atoms with Crippen molar-refractivity contribution < 1.29 is 19.1 Å². The Hall–Kier alpha value is -1.43. The Bertz CT molecular complexity index is 444. The van der Waals surface area contributed by atoms with Gasteiger partial charge in [0.05, 0.1) is 6.42 Å². The molecule has 0 unspecified atom stereocenters. The molecule has 1 aromatic carbocycles. The van der Waals surface area contributed by atoms with Crippen LogP contribution >= 0.6 is 15.9 Å². The van der Waals surface area contributed by atoms with E-state index in [1.54, 1.807) is 6.92 Å². The highest BCUT2D eigenvalue weighted by Crippen LogP contribution is 2.16. The van der Waals surface area contributed by atoms with Crippen molar-refractivity contribution in [2.45, 2.75) is 13.3 Å². The third-order valence-electron chi connectivity index (χ3n) is 2.37. The van der Waals surface area contributed by atoms with Crippen LogP contribution in [0.1, 0.15) is 23.7 Å². The molecule has 0 saturated carbocycles. The van der Waals surface area contributed by atoms with E-state index in [1.807, 2.05) is 0 Å². The third-order valence-corrected chi connectivity index (χ3v) is 2.83. The van der Waals surface area contributed by atoms with Crippen LogP contribution in [0.4, 0.5) is 4.39 Å². The first-order valence-corrected chi connectivity index (χ1v) is 6.20. The lowest BCUT2D eigenvalue weighted by Gasteiger charge is -2.20. The third kappa shape index (κ3) is 4.10. The molecule has 0 fully saturated rings. The lowest BCUT2D eigenvalue weighted by atomic mass is 10.2. The van der Waals surface area contributed by atoms with Crippen LogP contribution in [-0.2, 0) is 4.79 Å². The van der Waals surface area contributed by atoms with Gasteiger partial charge in [0.1, 0.15) is 5.82 Å². The number of carbonyl (C=O) groups is 2. The molecule has 0 aliphatic heterocycles. The average Bonchev–Trinajstić information content (AvgIpc) is 2.27. The van der Waals surface area contributed by atoms with Gasteiger partial charge in [-0.05, 0) is 25.1 Å². The molecular formula is C12H13BrFNO3. The van der Waals surface area contributed by atoms with Crippen LogP contribution in [0.2, 0.25) is 0 Å². The summed E-state index contributed by atoms with van der Waals surface area (Å²) >= 11 is 3.11. The first-order chi connectivity index (χ1) is 8.43. The molecule has 0 aromatic heterocycles. The minimum absolute atomic E-state index is 0.110. The van der Waals surface area contributed by atoms with Gasteiger partial charge in [-0.3, -0.25) is 9.59 Å². The predicted octanol–water partition coefficient (Wildman–Crippen LogP) is 2.53. The van der Waals surface area contributed by atoms with Gasteiger partial charge in [-0.15, -0.1) is 0 Å². The fraction of sp³-hybridized carbons (Fsp3) is 0.333. The molecule has 0 bridgehead atoms. The SMILES string of the molecule is CCN(CCC(=O)O)C(=O)c1cc(F)cc(Br)c1. The molecule has 18 heavy (non-hydrogen) atoms. The van der Waals surface area contributed by atoms with Gasteiger partial charge in [0, 0.05) is 23.1 Å². The van der Waals surface area contributed by atoms with E-state index in [4.69, 9.17) is 5.11 Å². The standard InChI is InChI=1S/C12H13BrFNO3/c1-2-15(4-3-11(16)17)12(18)8-5-9(13)7-10(14)6-8/h5-7H,2-4H2,1H3,(H,16,17). The zero-order chi connectivity index (χ0) is 13.7. The number of hydrogen-bond acceptors (Lipinski definition) is 2. The fourth-order valence-corrected chi connectivity index (χ4v) is 1.96. The molecule has 1 aromatic rings. The number of hydrogen-bond donors (Lipinski definition) is 1. The summed E-state index contributed by atoms with van der Waals surface area (Å²) in [5.41, 5.74) is 0.203. The predicted molar refractivity (Wildman–Crippen MR) is 67.9 cm³/mol. The fourth-order valence-electron chi connectivity index (χ4n) is 1.49. The molecule has 4 nitrogen and oxygen atoms in total. The molecular weight excluding hydrogens is 305 g/mol. The molecule has 0 aliphatic carbocycles. The van der Waals surface area contributed by atoms with Gasteiger partial charge in [-0.1, -0.05) is 15.9 Å². The number of amides is 1. The lowest BCUT2D eigenvalue weighted by Crippen LogP contribution is -2.32. The van der Waals surface area contributed by atoms with Gasteiger partial charge < -0.3 is 10.0 Å². The van der Waals surface area contributed by atoms with Crippen molar-refractivity contribution >= 4 is 27.8 Å². The maximum atomic E-state index is 13.2. The molecule has 6 heteroatoms. The molecule has 0 atom stereocenters. The largest absolute Gasteiger partial charge is 0.481 e. The van der Waals surface area contributed by atoms with Gasteiger partial charge in [-0.25, -0.2) is 4.39 Å². The number of carboxylic acids is 1. The van der Waals surface area contributed by atoms with E-state index in [0.29, 0.717) is 11.0 Å². The number of halogens is 2. The highest BCUT2D eigenvalue weighted by molar-refractivity contribution is 9.10. The van der Waals surface area contributed by atoms with Crippen molar-refractivity contribution in [3.8, 4) is 0 Å². The summed E-state index contributed by atoms with van der Waals surface area (Å²) < 4.78 is 13.6. The number of aliphatic carboxylic acids is 1. The van der Waals surface area contributed by atoms with Crippen molar-refractivity contribution in [1.29, 1.82) is 0 Å². The normalized spacial score (nSPS) is 10.2. The zero-order valence-corrected chi connectivity index (χ0v) is 11.4. The monoisotopic (exact) mass is 317 g/mol. The number of carboxylic acid groups (broad SMARTS) is 1. The maximum absolute atomic E-state index is 13.2. The Morgan fingerprint density at radius 3 is 2.56 bits per heavy atom. The summed E-state index contributed by atoms with van der Waals surface area (Å²) in [4.78, 5) is 23.9. The van der Waals surface area contributed by atoms with Crippen molar-refractivity contribution in [3.63, 3.8) is 0 Å². The summed E-state index contributed by atoms with van der Waals surface area (Å²) in [6.45, 7) is 2.23. The van der Waals surface area contributed by atoms with Crippen LogP contribution in [0.25, 0.3) is 0 Å². The van der Waals surface area contributed by atoms with Crippen LogP contribution < -0.4 is 0 Å². The Labute approximate surface area is 113 Å². The molecule has 98 valence electrons. The second-order valence-corrected chi connectivity index (χ2v) is 4.60. The van der Waals surface area contributed by atoms with E-state index < -0.39 is 11.8 Å². The summed E-state index contributed by atoms with van der Waals surface area (Å²) in [6.07, 6.45) is -0.129. The zero-order valence-electron chi connectivity index (χ0n) is 9.82. The van der Waals surface area contributed by atoms with E-state index in [2.05, 4.69) is 15.9 Å². The van der Waals surface area contributed by atoms with Crippen LogP contribution in [0, 0.1) is 5.82 Å². The van der Waals surface area contributed by atoms with Crippen LogP contribution in [0.15, 0.2) is 22.7 Å². The van der Waals surface area contributed by atoms with E-state index in [-0.39, 0.29) is 24.4 Å². The number of carbonyl (C=O) groups excluding carboxylic acids is 1. The molecule has 1 amide bonds. The Morgan fingerprint density at radius 1 is 1.39 bits per heavy atom. The first kappa shape index (κ1) is 14.6. The summed E-state index contributed by atoms with van der Waals surface area (Å²) in [7, 11) is 0. The van der Waals surface area contributed by atoms with Crippen LogP contribution in [0.5, 0.6) is 0 Å². The molecule has 1 rings (SSSR count). The molecule has 0 heterocycles. The van der Waals surface area contributed by atoms with Gasteiger partial charge in [0.2, 0.25) is 0 Å². The van der Waals surface area contributed by atoms with Crippen molar-refractivity contribution in [2.24, 2.45) is 0 Å². The van der Waals surface area contributed by atoms with E-state index in [9.17, 15) is 14.0 Å². The van der Waals surface area contributed by atoms with Crippen molar-refractivity contribution in [1.82, 2.24) is 4.90 Å². The highest BCUT2D eigenvalue weighted by atomic mass is 79.9. The molecule has 0 spiro atoms. The Balaban J connectivity index is 2.85. The Morgan fingerprint density at radius 2 is 2.06 bits per heavy atom. The van der Waals surface area contributed by atoms with Gasteiger partial charge in [0.15, 0.2) is 0 Å². The van der Waals surface area contributed by atoms with Crippen LogP contribution in [0.3, 0.4) is 0 Å². The smallest absolute Gasteiger partial charge is 0.305 e. The molecule has 0 aliphatic rings. The summed E-state index contributed by atoms with van der Waals surface area (Å²) in [6, 6.07) is 3.90. The number of benzene rings is 1. The molecule has 1 N–H and O–H groups in total. The molecule has 0 saturated heterocycles. The quantitative estimate of drug-likeness (QED) is 0.907.